The lowest BCUT2D eigenvalue weighted by Crippen LogP contribution is -2.21. The SMILES string of the molecule is CC(CNCc1ccnn1C)c1cccc(Cl)c1. The molecule has 0 bridgehead atoms. The molecule has 0 fully saturated rings. The molecule has 4 heteroatoms. The van der Waals surface area contributed by atoms with Gasteiger partial charge in [-0.3, -0.25) is 4.68 Å². The summed E-state index contributed by atoms with van der Waals surface area (Å²) in [5.41, 5.74) is 2.45. The summed E-state index contributed by atoms with van der Waals surface area (Å²) in [5, 5.41) is 8.38. The van der Waals surface area contributed by atoms with Crippen LogP contribution < -0.4 is 5.32 Å². The van der Waals surface area contributed by atoms with Gasteiger partial charge in [-0.25, -0.2) is 0 Å². The molecule has 0 saturated heterocycles. The molecule has 0 aliphatic heterocycles. The van der Waals surface area contributed by atoms with Gasteiger partial charge in [-0.1, -0.05) is 30.7 Å². The van der Waals surface area contributed by atoms with E-state index in [0.29, 0.717) is 5.92 Å². The summed E-state index contributed by atoms with van der Waals surface area (Å²) in [4.78, 5) is 0. The van der Waals surface area contributed by atoms with E-state index in [1.165, 1.54) is 11.3 Å². The molecule has 0 spiro atoms. The molecule has 0 amide bonds. The highest BCUT2D eigenvalue weighted by atomic mass is 35.5. The number of aromatic nitrogens is 2. The Morgan fingerprint density at radius 2 is 2.22 bits per heavy atom. The summed E-state index contributed by atoms with van der Waals surface area (Å²) in [6.07, 6.45) is 1.82. The third-order valence-electron chi connectivity index (χ3n) is 3.10. The second-order valence-corrected chi connectivity index (χ2v) is 4.97. The largest absolute Gasteiger partial charge is 0.311 e. The Morgan fingerprint density at radius 3 is 2.89 bits per heavy atom. The Bertz CT molecular complexity index is 507. The van der Waals surface area contributed by atoms with Crippen LogP contribution in [-0.4, -0.2) is 16.3 Å². The number of rotatable bonds is 5. The Hall–Kier alpha value is -1.32. The standard InChI is InChI=1S/C14H18ClN3/c1-11(12-4-3-5-13(15)8-12)9-16-10-14-6-7-17-18(14)2/h3-8,11,16H,9-10H2,1-2H3. The Morgan fingerprint density at radius 1 is 1.39 bits per heavy atom. The first-order valence-electron chi connectivity index (χ1n) is 6.10. The molecule has 0 saturated carbocycles. The number of hydrogen-bond acceptors (Lipinski definition) is 2. The number of nitrogens with zero attached hydrogens (tertiary/aromatic N) is 2. The lowest BCUT2D eigenvalue weighted by atomic mass is 10.0. The molecule has 3 nitrogen and oxygen atoms in total. The molecule has 1 heterocycles. The molecule has 0 aliphatic carbocycles. The number of benzene rings is 1. The molecule has 1 aromatic heterocycles. The molecule has 1 atom stereocenters. The summed E-state index contributed by atoms with van der Waals surface area (Å²) < 4.78 is 1.89. The average Bonchev–Trinajstić information content (AvgIpc) is 2.75. The predicted molar refractivity (Wildman–Crippen MR) is 74.8 cm³/mol. The zero-order chi connectivity index (χ0) is 13.0. The molecule has 1 aromatic carbocycles. The first-order valence-corrected chi connectivity index (χ1v) is 6.47. The fourth-order valence-corrected chi connectivity index (χ4v) is 2.12. The van der Waals surface area contributed by atoms with E-state index in [1.54, 1.807) is 0 Å². The maximum Gasteiger partial charge on any atom is 0.0518 e. The maximum absolute atomic E-state index is 5.99. The number of nitrogens with one attached hydrogen (secondary N) is 1. The summed E-state index contributed by atoms with van der Waals surface area (Å²) in [6.45, 7) is 3.95. The van der Waals surface area contributed by atoms with E-state index in [-0.39, 0.29) is 0 Å². The zero-order valence-corrected chi connectivity index (χ0v) is 11.5. The van der Waals surface area contributed by atoms with Crippen LogP contribution in [0.15, 0.2) is 36.5 Å². The van der Waals surface area contributed by atoms with Gasteiger partial charge in [0.1, 0.15) is 0 Å². The molecule has 2 aromatic rings. The number of halogens is 1. The average molecular weight is 264 g/mol. The van der Waals surface area contributed by atoms with Crippen molar-refractivity contribution in [1.82, 2.24) is 15.1 Å². The maximum atomic E-state index is 5.99. The molecular formula is C14H18ClN3. The van der Waals surface area contributed by atoms with Crippen molar-refractivity contribution in [3.05, 3.63) is 52.8 Å². The van der Waals surface area contributed by atoms with E-state index in [1.807, 2.05) is 42.2 Å². The molecule has 0 radical (unpaired) electrons. The van der Waals surface area contributed by atoms with E-state index in [2.05, 4.69) is 23.4 Å². The predicted octanol–water partition coefficient (Wildman–Crippen LogP) is 2.97. The molecule has 2 rings (SSSR count). The van der Waals surface area contributed by atoms with E-state index >= 15 is 0 Å². The van der Waals surface area contributed by atoms with E-state index in [4.69, 9.17) is 11.6 Å². The number of aryl methyl sites for hydroxylation is 1. The smallest absolute Gasteiger partial charge is 0.0518 e. The lowest BCUT2D eigenvalue weighted by Gasteiger charge is -2.13. The van der Waals surface area contributed by atoms with Crippen molar-refractivity contribution in [3.8, 4) is 0 Å². The van der Waals surface area contributed by atoms with E-state index < -0.39 is 0 Å². The minimum absolute atomic E-state index is 0.442. The molecule has 18 heavy (non-hydrogen) atoms. The summed E-state index contributed by atoms with van der Waals surface area (Å²) in [7, 11) is 1.96. The van der Waals surface area contributed by atoms with Gasteiger partial charge < -0.3 is 5.32 Å². The fourth-order valence-electron chi connectivity index (χ4n) is 1.92. The van der Waals surface area contributed by atoms with E-state index in [0.717, 1.165) is 18.1 Å². The van der Waals surface area contributed by atoms with Gasteiger partial charge in [0.2, 0.25) is 0 Å². The Labute approximate surface area is 113 Å². The van der Waals surface area contributed by atoms with Crippen molar-refractivity contribution in [1.29, 1.82) is 0 Å². The fraction of sp³-hybridized carbons (Fsp3) is 0.357. The summed E-state index contributed by atoms with van der Waals surface area (Å²) in [6, 6.07) is 10.1. The second-order valence-electron chi connectivity index (χ2n) is 4.53. The number of hydrogen-bond donors (Lipinski definition) is 1. The van der Waals surface area contributed by atoms with Crippen molar-refractivity contribution in [2.45, 2.75) is 19.4 Å². The van der Waals surface area contributed by atoms with Gasteiger partial charge in [-0.2, -0.15) is 5.10 Å². The molecule has 96 valence electrons. The molecular weight excluding hydrogens is 246 g/mol. The van der Waals surface area contributed by atoms with Crippen LogP contribution >= 0.6 is 11.6 Å². The summed E-state index contributed by atoms with van der Waals surface area (Å²) in [5.74, 6) is 0.442. The Balaban J connectivity index is 1.85. The third-order valence-corrected chi connectivity index (χ3v) is 3.33. The van der Waals surface area contributed by atoms with Crippen LogP contribution in [0.5, 0.6) is 0 Å². The highest BCUT2D eigenvalue weighted by Gasteiger charge is 2.06. The molecule has 0 aliphatic rings. The van der Waals surface area contributed by atoms with Gasteiger partial charge in [-0.15, -0.1) is 0 Å². The van der Waals surface area contributed by atoms with Crippen molar-refractivity contribution in [2.24, 2.45) is 7.05 Å². The summed E-state index contributed by atoms with van der Waals surface area (Å²) >= 11 is 5.99. The van der Waals surface area contributed by atoms with Crippen LogP contribution in [0, 0.1) is 0 Å². The molecule has 1 unspecified atom stereocenters. The minimum Gasteiger partial charge on any atom is -0.311 e. The topological polar surface area (TPSA) is 29.9 Å². The second kappa shape index (κ2) is 6.03. The van der Waals surface area contributed by atoms with Gasteiger partial charge >= 0.3 is 0 Å². The van der Waals surface area contributed by atoms with Crippen molar-refractivity contribution in [2.75, 3.05) is 6.54 Å². The zero-order valence-electron chi connectivity index (χ0n) is 10.7. The van der Waals surface area contributed by atoms with Crippen LogP contribution in [-0.2, 0) is 13.6 Å². The van der Waals surface area contributed by atoms with Crippen molar-refractivity contribution >= 4 is 11.6 Å². The van der Waals surface area contributed by atoms with E-state index in [9.17, 15) is 0 Å². The normalized spacial score (nSPS) is 12.6. The first-order chi connectivity index (χ1) is 8.66. The van der Waals surface area contributed by atoms with Gasteiger partial charge in [0.25, 0.3) is 0 Å². The highest BCUT2D eigenvalue weighted by molar-refractivity contribution is 6.30. The van der Waals surface area contributed by atoms with Crippen LogP contribution in [0.3, 0.4) is 0 Å². The lowest BCUT2D eigenvalue weighted by molar-refractivity contribution is 0.584. The van der Waals surface area contributed by atoms with Gasteiger partial charge in [-0.05, 0) is 29.7 Å². The van der Waals surface area contributed by atoms with Gasteiger partial charge in [0.15, 0.2) is 0 Å². The first kappa shape index (κ1) is 13.1. The van der Waals surface area contributed by atoms with Crippen LogP contribution in [0.1, 0.15) is 24.1 Å². The van der Waals surface area contributed by atoms with Gasteiger partial charge in [0, 0.05) is 31.4 Å². The third kappa shape index (κ3) is 3.34. The van der Waals surface area contributed by atoms with Crippen LogP contribution in [0.25, 0.3) is 0 Å². The van der Waals surface area contributed by atoms with Crippen molar-refractivity contribution < 1.29 is 0 Å². The van der Waals surface area contributed by atoms with Crippen LogP contribution in [0.4, 0.5) is 0 Å². The highest BCUT2D eigenvalue weighted by Crippen LogP contribution is 2.18. The quantitative estimate of drug-likeness (QED) is 0.899. The van der Waals surface area contributed by atoms with Crippen molar-refractivity contribution in [3.63, 3.8) is 0 Å². The van der Waals surface area contributed by atoms with Crippen LogP contribution in [0.2, 0.25) is 5.02 Å². The monoisotopic (exact) mass is 263 g/mol. The Kier molecular flexibility index (Phi) is 4.39. The van der Waals surface area contributed by atoms with Gasteiger partial charge in [0.05, 0.1) is 5.69 Å². The molecule has 1 N–H and O–H groups in total. The minimum atomic E-state index is 0.442.